The number of halogens is 1. The lowest BCUT2D eigenvalue weighted by atomic mass is 10.0. The summed E-state index contributed by atoms with van der Waals surface area (Å²) in [5.41, 5.74) is 1.11. The molecule has 2 rings (SSSR count). The number of anilines is 1. The Labute approximate surface area is 114 Å². The van der Waals surface area contributed by atoms with Gasteiger partial charge in [-0.05, 0) is 27.9 Å². The Morgan fingerprint density at radius 1 is 1.17 bits per heavy atom. The minimum atomic E-state index is 0.0115. The number of nitrogens with one attached hydrogen (secondary N) is 1. The van der Waals surface area contributed by atoms with Crippen LogP contribution in [0.2, 0.25) is 0 Å². The summed E-state index contributed by atoms with van der Waals surface area (Å²) in [6.45, 7) is 0.114. The van der Waals surface area contributed by atoms with E-state index in [1.54, 1.807) is 12.4 Å². The van der Waals surface area contributed by atoms with Crippen LogP contribution in [0.5, 0.6) is 0 Å². The highest BCUT2D eigenvalue weighted by Gasteiger charge is 2.11. The predicted octanol–water partition coefficient (Wildman–Crippen LogP) is 2.77. The van der Waals surface area contributed by atoms with Crippen LogP contribution in [0.1, 0.15) is 18.0 Å². The van der Waals surface area contributed by atoms with Crippen molar-refractivity contribution in [2.75, 3.05) is 11.9 Å². The van der Waals surface area contributed by atoms with Crippen molar-refractivity contribution in [1.82, 2.24) is 9.97 Å². The maximum absolute atomic E-state index is 9.13. The first kappa shape index (κ1) is 13.0. The summed E-state index contributed by atoms with van der Waals surface area (Å²) in [6.07, 6.45) is 4.00. The molecular formula is C13H14BrN3O. The summed E-state index contributed by atoms with van der Waals surface area (Å²) in [6, 6.07) is 9.97. The number of hydrogen-bond donors (Lipinski definition) is 2. The highest BCUT2D eigenvalue weighted by atomic mass is 79.9. The van der Waals surface area contributed by atoms with E-state index in [1.165, 1.54) is 0 Å². The van der Waals surface area contributed by atoms with Gasteiger partial charge in [-0.2, -0.15) is 0 Å². The normalized spacial score (nSPS) is 12.1. The van der Waals surface area contributed by atoms with E-state index in [9.17, 15) is 0 Å². The number of hydrogen-bond acceptors (Lipinski definition) is 4. The first-order valence-electron chi connectivity index (χ1n) is 5.69. The zero-order valence-electron chi connectivity index (χ0n) is 9.75. The second kappa shape index (κ2) is 6.47. The molecule has 0 aliphatic heterocycles. The number of benzene rings is 1. The Balaban J connectivity index is 2.14. The molecule has 0 aliphatic carbocycles. The molecule has 1 aromatic heterocycles. The molecule has 18 heavy (non-hydrogen) atoms. The van der Waals surface area contributed by atoms with Crippen molar-refractivity contribution in [2.45, 2.75) is 12.5 Å². The van der Waals surface area contributed by atoms with Gasteiger partial charge in [0.25, 0.3) is 0 Å². The smallest absolute Gasteiger partial charge is 0.223 e. The number of aromatic nitrogens is 2. The predicted molar refractivity (Wildman–Crippen MR) is 74.2 cm³/mol. The maximum Gasteiger partial charge on any atom is 0.223 e. The Kier molecular flexibility index (Phi) is 4.66. The van der Waals surface area contributed by atoms with E-state index in [0.29, 0.717) is 12.4 Å². The third kappa shape index (κ3) is 3.51. The fourth-order valence-corrected chi connectivity index (χ4v) is 1.88. The summed E-state index contributed by atoms with van der Waals surface area (Å²) in [5, 5.41) is 12.4. The van der Waals surface area contributed by atoms with Gasteiger partial charge >= 0.3 is 0 Å². The first-order valence-corrected chi connectivity index (χ1v) is 6.49. The van der Waals surface area contributed by atoms with E-state index in [0.717, 1.165) is 10.0 Å². The van der Waals surface area contributed by atoms with E-state index in [-0.39, 0.29) is 12.6 Å². The molecule has 1 atom stereocenters. The van der Waals surface area contributed by atoms with E-state index in [4.69, 9.17) is 5.11 Å². The molecule has 0 radical (unpaired) electrons. The molecule has 5 heteroatoms. The fraction of sp³-hybridized carbons (Fsp3) is 0.231. The average Bonchev–Trinajstić information content (AvgIpc) is 2.42. The zero-order chi connectivity index (χ0) is 12.8. The van der Waals surface area contributed by atoms with Crippen molar-refractivity contribution in [3.63, 3.8) is 0 Å². The number of aliphatic hydroxyl groups excluding tert-OH is 1. The molecule has 2 N–H and O–H groups in total. The van der Waals surface area contributed by atoms with Gasteiger partial charge in [0.2, 0.25) is 5.95 Å². The summed E-state index contributed by atoms with van der Waals surface area (Å²) in [4.78, 5) is 8.35. The molecule has 2 aromatic rings. The zero-order valence-corrected chi connectivity index (χ0v) is 11.3. The molecular weight excluding hydrogens is 294 g/mol. The van der Waals surface area contributed by atoms with Crippen LogP contribution in [0.4, 0.5) is 5.95 Å². The molecule has 4 nitrogen and oxygen atoms in total. The number of rotatable bonds is 5. The van der Waals surface area contributed by atoms with Crippen LogP contribution in [-0.4, -0.2) is 21.7 Å². The van der Waals surface area contributed by atoms with Crippen molar-refractivity contribution < 1.29 is 5.11 Å². The molecule has 1 heterocycles. The van der Waals surface area contributed by atoms with Gasteiger partial charge in [0, 0.05) is 19.0 Å². The summed E-state index contributed by atoms with van der Waals surface area (Å²) in [5.74, 6) is 0.556. The lowest BCUT2D eigenvalue weighted by Gasteiger charge is -2.18. The molecule has 0 spiro atoms. The highest BCUT2D eigenvalue weighted by Crippen LogP contribution is 2.20. The third-order valence-electron chi connectivity index (χ3n) is 2.54. The van der Waals surface area contributed by atoms with Gasteiger partial charge in [0.05, 0.1) is 10.5 Å². The SMILES string of the molecule is OCC[C@@H](Nc1ncc(Br)cn1)c1ccccc1. The van der Waals surface area contributed by atoms with Crippen molar-refractivity contribution >= 4 is 21.9 Å². The molecule has 0 fully saturated rings. The van der Waals surface area contributed by atoms with E-state index >= 15 is 0 Å². The minimum absolute atomic E-state index is 0.0115. The second-order valence-electron chi connectivity index (χ2n) is 3.84. The quantitative estimate of drug-likeness (QED) is 0.892. The lowest BCUT2D eigenvalue weighted by Crippen LogP contribution is -2.14. The second-order valence-corrected chi connectivity index (χ2v) is 4.76. The summed E-state index contributed by atoms with van der Waals surface area (Å²) in [7, 11) is 0. The van der Waals surface area contributed by atoms with Crippen LogP contribution in [0.25, 0.3) is 0 Å². The average molecular weight is 308 g/mol. The Morgan fingerprint density at radius 3 is 2.44 bits per heavy atom. The van der Waals surface area contributed by atoms with Crippen LogP contribution >= 0.6 is 15.9 Å². The topological polar surface area (TPSA) is 58.0 Å². The van der Waals surface area contributed by atoms with Crippen molar-refractivity contribution in [3.05, 3.63) is 52.8 Å². The van der Waals surface area contributed by atoms with Gasteiger partial charge in [-0.3, -0.25) is 0 Å². The van der Waals surface area contributed by atoms with Gasteiger partial charge in [-0.15, -0.1) is 0 Å². The van der Waals surface area contributed by atoms with Crippen molar-refractivity contribution in [2.24, 2.45) is 0 Å². The van der Waals surface area contributed by atoms with Crippen LogP contribution in [0.3, 0.4) is 0 Å². The molecule has 0 bridgehead atoms. The molecule has 0 saturated heterocycles. The highest BCUT2D eigenvalue weighted by molar-refractivity contribution is 9.10. The molecule has 0 saturated carbocycles. The standard InChI is InChI=1S/C13H14BrN3O/c14-11-8-15-13(16-9-11)17-12(6-7-18)10-4-2-1-3-5-10/h1-5,8-9,12,18H,6-7H2,(H,15,16,17)/t12-/m1/s1. The molecule has 0 amide bonds. The lowest BCUT2D eigenvalue weighted by molar-refractivity contribution is 0.280. The molecule has 1 aromatic carbocycles. The van der Waals surface area contributed by atoms with Crippen molar-refractivity contribution in [1.29, 1.82) is 0 Å². The minimum Gasteiger partial charge on any atom is -0.396 e. The monoisotopic (exact) mass is 307 g/mol. The first-order chi connectivity index (χ1) is 8.79. The van der Waals surface area contributed by atoms with Crippen LogP contribution in [0.15, 0.2) is 47.2 Å². The van der Waals surface area contributed by atoms with Crippen LogP contribution in [0, 0.1) is 0 Å². The Hall–Kier alpha value is -1.46. The van der Waals surface area contributed by atoms with Gasteiger partial charge in [-0.1, -0.05) is 30.3 Å². The summed E-state index contributed by atoms with van der Waals surface area (Å²) >= 11 is 3.29. The van der Waals surface area contributed by atoms with Crippen LogP contribution < -0.4 is 5.32 Å². The Morgan fingerprint density at radius 2 is 1.83 bits per heavy atom. The summed E-state index contributed by atoms with van der Waals surface area (Å²) < 4.78 is 0.839. The molecule has 0 aliphatic rings. The van der Waals surface area contributed by atoms with Crippen molar-refractivity contribution in [3.8, 4) is 0 Å². The van der Waals surface area contributed by atoms with Gasteiger partial charge in [0.15, 0.2) is 0 Å². The number of nitrogens with zero attached hydrogens (tertiary/aromatic N) is 2. The number of aliphatic hydroxyl groups is 1. The van der Waals surface area contributed by atoms with Crippen LogP contribution in [-0.2, 0) is 0 Å². The van der Waals surface area contributed by atoms with E-state index in [2.05, 4.69) is 31.2 Å². The van der Waals surface area contributed by atoms with E-state index in [1.807, 2.05) is 30.3 Å². The third-order valence-corrected chi connectivity index (χ3v) is 2.95. The van der Waals surface area contributed by atoms with Gasteiger partial charge in [0.1, 0.15) is 0 Å². The fourth-order valence-electron chi connectivity index (χ4n) is 1.68. The van der Waals surface area contributed by atoms with Gasteiger partial charge in [-0.25, -0.2) is 9.97 Å². The molecule has 94 valence electrons. The maximum atomic E-state index is 9.13. The van der Waals surface area contributed by atoms with Gasteiger partial charge < -0.3 is 10.4 Å². The Bertz CT molecular complexity index is 475. The molecule has 0 unspecified atom stereocenters. The largest absolute Gasteiger partial charge is 0.396 e. The van der Waals surface area contributed by atoms with E-state index < -0.39 is 0 Å².